The highest BCUT2D eigenvalue weighted by Gasteiger charge is 2.14. The third kappa shape index (κ3) is 6.22. The molecule has 104 valence electrons. The third-order valence-corrected chi connectivity index (χ3v) is 2.45. The lowest BCUT2D eigenvalue weighted by Crippen LogP contribution is -2.43. The minimum atomic E-state index is -0.980. The largest absolute Gasteiger partial charge is 0.389 e. The fourth-order valence-electron chi connectivity index (χ4n) is 1.27. The Bertz CT molecular complexity index is 469. The van der Waals surface area contributed by atoms with Crippen LogP contribution in [0.2, 0.25) is 5.02 Å². The molecule has 0 saturated heterocycles. The van der Waals surface area contributed by atoms with E-state index in [1.165, 1.54) is 6.07 Å². The molecular formula is C13H17ClN2O3. The zero-order valence-corrected chi connectivity index (χ0v) is 11.6. The molecule has 0 spiro atoms. The lowest BCUT2D eigenvalue weighted by atomic mass is 10.1. The van der Waals surface area contributed by atoms with Crippen LogP contribution in [0.15, 0.2) is 24.3 Å². The van der Waals surface area contributed by atoms with Crippen LogP contribution < -0.4 is 10.6 Å². The Kier molecular flexibility index (Phi) is 5.32. The van der Waals surface area contributed by atoms with Gasteiger partial charge in [0.25, 0.3) is 5.91 Å². The molecular weight excluding hydrogens is 268 g/mol. The molecule has 0 unspecified atom stereocenters. The maximum atomic E-state index is 11.7. The molecule has 0 bridgehead atoms. The van der Waals surface area contributed by atoms with Crippen LogP contribution in [0, 0.1) is 0 Å². The number of nitrogens with one attached hydrogen (secondary N) is 2. The number of aliphatic hydroxyl groups is 1. The van der Waals surface area contributed by atoms with Gasteiger partial charge < -0.3 is 15.7 Å². The van der Waals surface area contributed by atoms with E-state index in [9.17, 15) is 14.7 Å². The highest BCUT2D eigenvalue weighted by atomic mass is 35.5. The van der Waals surface area contributed by atoms with Crippen molar-refractivity contribution in [1.29, 1.82) is 0 Å². The molecule has 3 N–H and O–H groups in total. The number of rotatable bonds is 5. The van der Waals surface area contributed by atoms with Crippen LogP contribution in [0.25, 0.3) is 0 Å². The van der Waals surface area contributed by atoms with Crippen molar-refractivity contribution in [3.05, 3.63) is 34.9 Å². The van der Waals surface area contributed by atoms with E-state index in [0.29, 0.717) is 10.6 Å². The van der Waals surface area contributed by atoms with E-state index < -0.39 is 5.60 Å². The van der Waals surface area contributed by atoms with Crippen LogP contribution >= 0.6 is 11.6 Å². The second-order valence-electron chi connectivity index (χ2n) is 4.78. The number of amides is 2. The maximum Gasteiger partial charge on any atom is 0.251 e. The maximum absolute atomic E-state index is 11.7. The van der Waals surface area contributed by atoms with Crippen molar-refractivity contribution in [2.75, 3.05) is 13.1 Å². The normalized spacial score (nSPS) is 10.9. The van der Waals surface area contributed by atoms with Gasteiger partial charge in [-0.25, -0.2) is 0 Å². The minimum absolute atomic E-state index is 0.124. The summed E-state index contributed by atoms with van der Waals surface area (Å²) in [5.41, 5.74) is -0.588. The molecule has 1 aromatic carbocycles. The van der Waals surface area contributed by atoms with E-state index in [1.54, 1.807) is 32.0 Å². The summed E-state index contributed by atoms with van der Waals surface area (Å²) in [5.74, 6) is -0.738. The number of hydrogen-bond acceptors (Lipinski definition) is 3. The quantitative estimate of drug-likeness (QED) is 0.753. The second kappa shape index (κ2) is 6.54. The van der Waals surface area contributed by atoms with Gasteiger partial charge in [-0.2, -0.15) is 0 Å². The zero-order chi connectivity index (χ0) is 14.5. The Morgan fingerprint density at radius 2 is 2.00 bits per heavy atom. The Hall–Kier alpha value is -1.59. The average Bonchev–Trinajstić information content (AvgIpc) is 2.32. The fraction of sp³-hybridized carbons (Fsp3) is 0.385. The van der Waals surface area contributed by atoms with Crippen molar-refractivity contribution in [1.82, 2.24) is 10.6 Å². The summed E-state index contributed by atoms with van der Waals surface area (Å²) in [6.07, 6.45) is 0. The molecule has 0 aliphatic carbocycles. The lowest BCUT2D eigenvalue weighted by Gasteiger charge is -2.17. The summed E-state index contributed by atoms with van der Waals surface area (Å²) < 4.78 is 0. The van der Waals surface area contributed by atoms with Crippen LogP contribution in [-0.4, -0.2) is 35.6 Å². The van der Waals surface area contributed by atoms with Crippen LogP contribution in [0.1, 0.15) is 24.2 Å². The van der Waals surface area contributed by atoms with E-state index in [4.69, 9.17) is 11.6 Å². The van der Waals surface area contributed by atoms with Crippen LogP contribution in [0.3, 0.4) is 0 Å². The summed E-state index contributed by atoms with van der Waals surface area (Å²) >= 11 is 5.76. The third-order valence-electron chi connectivity index (χ3n) is 2.21. The van der Waals surface area contributed by atoms with Gasteiger partial charge in [0.2, 0.25) is 5.91 Å². The summed E-state index contributed by atoms with van der Waals surface area (Å²) in [4.78, 5) is 23.1. The Balaban J connectivity index is 2.40. The molecule has 1 rings (SSSR count). The number of hydrogen-bond donors (Lipinski definition) is 3. The van der Waals surface area contributed by atoms with Gasteiger partial charge in [0.1, 0.15) is 0 Å². The van der Waals surface area contributed by atoms with Crippen molar-refractivity contribution >= 4 is 23.4 Å². The van der Waals surface area contributed by atoms with E-state index in [0.717, 1.165) is 0 Å². The van der Waals surface area contributed by atoms with Gasteiger partial charge in [0.05, 0.1) is 12.1 Å². The van der Waals surface area contributed by atoms with Crippen molar-refractivity contribution in [3.8, 4) is 0 Å². The first-order valence-corrected chi connectivity index (χ1v) is 6.18. The summed E-state index contributed by atoms with van der Waals surface area (Å²) in [5, 5.41) is 14.9. The monoisotopic (exact) mass is 284 g/mol. The van der Waals surface area contributed by atoms with Gasteiger partial charge in [-0.05, 0) is 32.0 Å². The van der Waals surface area contributed by atoms with Crippen LogP contribution in [0.5, 0.6) is 0 Å². The number of carbonyl (C=O) groups excluding carboxylic acids is 2. The van der Waals surface area contributed by atoms with Crippen molar-refractivity contribution < 1.29 is 14.7 Å². The molecule has 5 nitrogen and oxygen atoms in total. The highest BCUT2D eigenvalue weighted by Crippen LogP contribution is 2.10. The molecule has 0 atom stereocenters. The highest BCUT2D eigenvalue weighted by molar-refractivity contribution is 6.30. The van der Waals surface area contributed by atoms with E-state index in [2.05, 4.69) is 10.6 Å². The number of benzene rings is 1. The Labute approximate surface area is 117 Å². The van der Waals surface area contributed by atoms with E-state index in [1.807, 2.05) is 0 Å². The Morgan fingerprint density at radius 3 is 2.58 bits per heavy atom. The molecule has 0 aliphatic heterocycles. The molecule has 0 saturated carbocycles. The van der Waals surface area contributed by atoms with Crippen LogP contribution in [0.4, 0.5) is 0 Å². The molecule has 0 radical (unpaired) electrons. The number of halogens is 1. The molecule has 0 aliphatic rings. The molecule has 1 aromatic rings. The first-order chi connectivity index (χ1) is 8.78. The van der Waals surface area contributed by atoms with E-state index in [-0.39, 0.29) is 24.9 Å². The molecule has 0 fully saturated rings. The van der Waals surface area contributed by atoms with Crippen molar-refractivity contribution in [2.24, 2.45) is 0 Å². The molecule has 0 heterocycles. The lowest BCUT2D eigenvalue weighted by molar-refractivity contribution is -0.121. The van der Waals surface area contributed by atoms with Crippen LogP contribution in [-0.2, 0) is 4.79 Å². The van der Waals surface area contributed by atoms with Gasteiger partial charge in [0, 0.05) is 17.1 Å². The average molecular weight is 285 g/mol. The summed E-state index contributed by atoms with van der Waals surface area (Å²) in [7, 11) is 0. The molecule has 2 amide bonds. The molecule has 19 heavy (non-hydrogen) atoms. The Morgan fingerprint density at radius 1 is 1.32 bits per heavy atom. The number of carbonyl (C=O) groups is 2. The predicted octanol–water partition coefficient (Wildman–Crippen LogP) is 0.957. The zero-order valence-electron chi connectivity index (χ0n) is 10.9. The standard InChI is InChI=1S/C13H17ClN2O3/c1-13(2,19)8-16-11(17)7-15-12(18)9-4-3-5-10(14)6-9/h3-6,19H,7-8H2,1-2H3,(H,15,18)(H,16,17). The SMILES string of the molecule is CC(C)(O)CNC(=O)CNC(=O)c1cccc(Cl)c1. The fourth-order valence-corrected chi connectivity index (χ4v) is 1.46. The molecule has 0 aromatic heterocycles. The van der Waals surface area contributed by atoms with Gasteiger partial charge in [-0.3, -0.25) is 9.59 Å². The van der Waals surface area contributed by atoms with Crippen molar-refractivity contribution in [2.45, 2.75) is 19.4 Å². The summed E-state index contributed by atoms with van der Waals surface area (Å²) in [6.45, 7) is 3.13. The predicted molar refractivity (Wildman–Crippen MR) is 73.1 cm³/mol. The topological polar surface area (TPSA) is 78.4 Å². The van der Waals surface area contributed by atoms with Crippen molar-refractivity contribution in [3.63, 3.8) is 0 Å². The molecule has 6 heteroatoms. The van der Waals surface area contributed by atoms with Gasteiger partial charge in [-0.15, -0.1) is 0 Å². The smallest absolute Gasteiger partial charge is 0.251 e. The first-order valence-electron chi connectivity index (χ1n) is 5.81. The van der Waals surface area contributed by atoms with Gasteiger partial charge in [0.15, 0.2) is 0 Å². The minimum Gasteiger partial charge on any atom is -0.389 e. The van der Waals surface area contributed by atoms with Gasteiger partial charge in [-0.1, -0.05) is 17.7 Å². The van der Waals surface area contributed by atoms with Gasteiger partial charge >= 0.3 is 0 Å². The first kappa shape index (κ1) is 15.5. The second-order valence-corrected chi connectivity index (χ2v) is 5.22. The van der Waals surface area contributed by atoms with E-state index >= 15 is 0 Å². The summed E-state index contributed by atoms with van der Waals surface area (Å²) in [6, 6.07) is 6.45.